The number of benzene rings is 1. The minimum atomic E-state index is -0.0335. The highest BCUT2D eigenvalue weighted by atomic mass is 79.9. The summed E-state index contributed by atoms with van der Waals surface area (Å²) in [6, 6.07) is 7.72. The molecule has 0 N–H and O–H groups in total. The van der Waals surface area contributed by atoms with Crippen LogP contribution in [0.1, 0.15) is 21.5 Å². The molecule has 0 fully saturated rings. The van der Waals surface area contributed by atoms with Gasteiger partial charge in [0.1, 0.15) is 5.75 Å². The first kappa shape index (κ1) is 14.8. The first-order valence-electron chi connectivity index (χ1n) is 5.65. The van der Waals surface area contributed by atoms with Crippen LogP contribution in [0.4, 0.5) is 0 Å². The SMILES string of the molecule is Cc1ccc(OCC(=O)c2cc(Br)sc2Br)c(C)c1. The molecule has 1 aromatic carbocycles. The molecule has 0 aliphatic carbocycles. The van der Waals surface area contributed by atoms with Crippen LogP contribution >= 0.6 is 43.2 Å². The minimum Gasteiger partial charge on any atom is -0.485 e. The van der Waals surface area contributed by atoms with Gasteiger partial charge in [-0.1, -0.05) is 17.7 Å². The Hall–Kier alpha value is -0.650. The lowest BCUT2D eigenvalue weighted by Gasteiger charge is -2.08. The van der Waals surface area contributed by atoms with Crippen molar-refractivity contribution in [2.75, 3.05) is 6.61 Å². The molecule has 0 spiro atoms. The van der Waals surface area contributed by atoms with Crippen molar-refractivity contribution in [2.24, 2.45) is 0 Å². The van der Waals surface area contributed by atoms with E-state index >= 15 is 0 Å². The summed E-state index contributed by atoms with van der Waals surface area (Å²) in [6.07, 6.45) is 0. The molecule has 0 aliphatic rings. The van der Waals surface area contributed by atoms with E-state index in [2.05, 4.69) is 31.9 Å². The molecule has 0 atom stereocenters. The summed E-state index contributed by atoms with van der Waals surface area (Å²) in [7, 11) is 0. The van der Waals surface area contributed by atoms with Crippen molar-refractivity contribution in [3.05, 3.63) is 48.5 Å². The third-order valence-electron chi connectivity index (χ3n) is 2.65. The van der Waals surface area contributed by atoms with E-state index in [1.54, 1.807) is 0 Å². The zero-order chi connectivity index (χ0) is 14.0. The van der Waals surface area contributed by atoms with Gasteiger partial charge in [0.05, 0.1) is 7.57 Å². The van der Waals surface area contributed by atoms with Gasteiger partial charge in [-0.05, 0) is 63.4 Å². The molecule has 0 saturated carbocycles. The Balaban J connectivity index is 2.06. The number of rotatable bonds is 4. The number of carbonyl (C=O) groups excluding carboxylic acids is 1. The Kier molecular flexibility index (Phi) is 4.81. The summed E-state index contributed by atoms with van der Waals surface area (Å²) in [5.74, 6) is 0.721. The highest BCUT2D eigenvalue weighted by Gasteiger charge is 2.14. The smallest absolute Gasteiger partial charge is 0.202 e. The molecular formula is C14H12Br2O2S. The molecule has 2 rings (SSSR count). The van der Waals surface area contributed by atoms with Gasteiger partial charge in [0.2, 0.25) is 5.78 Å². The fourth-order valence-electron chi connectivity index (χ4n) is 1.71. The Labute approximate surface area is 133 Å². The number of Topliss-reactive ketones (excluding diaryl/α,β-unsaturated/α-hetero) is 1. The topological polar surface area (TPSA) is 26.3 Å². The van der Waals surface area contributed by atoms with Crippen LogP contribution in [0.5, 0.6) is 5.75 Å². The van der Waals surface area contributed by atoms with Gasteiger partial charge in [-0.2, -0.15) is 0 Å². The molecule has 2 nitrogen and oxygen atoms in total. The fourth-order valence-corrected chi connectivity index (χ4v) is 4.57. The first-order valence-corrected chi connectivity index (χ1v) is 8.05. The monoisotopic (exact) mass is 402 g/mol. The van der Waals surface area contributed by atoms with Gasteiger partial charge in [-0.3, -0.25) is 4.79 Å². The average molecular weight is 404 g/mol. The van der Waals surface area contributed by atoms with Crippen LogP contribution in [0.25, 0.3) is 0 Å². The zero-order valence-electron chi connectivity index (χ0n) is 10.5. The lowest BCUT2D eigenvalue weighted by molar-refractivity contribution is 0.0921. The Bertz CT molecular complexity index is 620. The molecule has 0 unspecified atom stereocenters. The van der Waals surface area contributed by atoms with E-state index in [-0.39, 0.29) is 12.4 Å². The number of carbonyl (C=O) groups is 1. The number of thiophene rings is 1. The van der Waals surface area contributed by atoms with Crippen molar-refractivity contribution in [1.29, 1.82) is 0 Å². The van der Waals surface area contributed by atoms with E-state index in [0.717, 1.165) is 18.9 Å². The molecule has 0 bridgehead atoms. The van der Waals surface area contributed by atoms with Crippen molar-refractivity contribution in [2.45, 2.75) is 13.8 Å². The molecule has 0 amide bonds. The number of hydrogen-bond acceptors (Lipinski definition) is 3. The van der Waals surface area contributed by atoms with Crippen molar-refractivity contribution in [3.63, 3.8) is 0 Å². The highest BCUT2D eigenvalue weighted by molar-refractivity contribution is 9.12. The summed E-state index contributed by atoms with van der Waals surface area (Å²) >= 11 is 8.22. The lowest BCUT2D eigenvalue weighted by atomic mass is 10.1. The maximum absolute atomic E-state index is 12.1. The molecule has 100 valence electrons. The first-order chi connectivity index (χ1) is 8.97. The Morgan fingerprint density at radius 3 is 2.58 bits per heavy atom. The fraction of sp³-hybridized carbons (Fsp3) is 0.214. The molecule has 1 aromatic heterocycles. The van der Waals surface area contributed by atoms with Gasteiger partial charge < -0.3 is 4.74 Å². The van der Waals surface area contributed by atoms with E-state index < -0.39 is 0 Å². The Morgan fingerprint density at radius 2 is 2.00 bits per heavy atom. The van der Waals surface area contributed by atoms with Crippen LogP contribution in [0.2, 0.25) is 0 Å². The average Bonchev–Trinajstić information content (AvgIpc) is 2.67. The lowest BCUT2D eigenvalue weighted by Crippen LogP contribution is -2.11. The largest absolute Gasteiger partial charge is 0.485 e. The molecule has 0 radical (unpaired) electrons. The van der Waals surface area contributed by atoms with Crippen molar-refractivity contribution >= 4 is 49.0 Å². The molecule has 0 saturated heterocycles. The van der Waals surface area contributed by atoms with E-state index in [1.807, 2.05) is 38.1 Å². The van der Waals surface area contributed by atoms with Crippen LogP contribution in [0.3, 0.4) is 0 Å². The third kappa shape index (κ3) is 3.68. The summed E-state index contributed by atoms with van der Waals surface area (Å²) in [5, 5.41) is 0. The van der Waals surface area contributed by atoms with Crippen molar-refractivity contribution in [3.8, 4) is 5.75 Å². The van der Waals surface area contributed by atoms with Crippen molar-refractivity contribution in [1.82, 2.24) is 0 Å². The van der Waals surface area contributed by atoms with Crippen molar-refractivity contribution < 1.29 is 9.53 Å². The van der Waals surface area contributed by atoms with Gasteiger partial charge >= 0.3 is 0 Å². The molecule has 19 heavy (non-hydrogen) atoms. The summed E-state index contributed by atoms with van der Waals surface area (Å²) in [4.78, 5) is 12.1. The van der Waals surface area contributed by atoms with Crippen LogP contribution in [-0.2, 0) is 0 Å². The second-order valence-corrected chi connectivity index (χ2v) is 7.97. The number of aryl methyl sites for hydroxylation is 2. The van der Waals surface area contributed by atoms with E-state index in [0.29, 0.717) is 5.56 Å². The zero-order valence-corrected chi connectivity index (χ0v) is 14.5. The van der Waals surface area contributed by atoms with Gasteiger partial charge in [0.25, 0.3) is 0 Å². The number of halogens is 2. The standard InChI is InChI=1S/C14H12Br2O2S/c1-8-3-4-12(9(2)5-8)18-7-11(17)10-6-13(15)19-14(10)16/h3-6H,7H2,1-2H3. The normalized spacial score (nSPS) is 10.5. The molecular weight excluding hydrogens is 392 g/mol. The third-order valence-corrected chi connectivity index (χ3v) is 4.99. The van der Waals surface area contributed by atoms with Gasteiger partial charge in [-0.25, -0.2) is 0 Å². The second-order valence-electron chi connectivity index (χ2n) is 4.22. The summed E-state index contributed by atoms with van der Waals surface area (Å²) in [6.45, 7) is 4.05. The summed E-state index contributed by atoms with van der Waals surface area (Å²) < 4.78 is 7.34. The minimum absolute atomic E-state index is 0.0335. The molecule has 1 heterocycles. The van der Waals surface area contributed by atoms with Crippen LogP contribution in [0, 0.1) is 13.8 Å². The molecule has 5 heteroatoms. The predicted molar refractivity (Wildman–Crippen MR) is 85.5 cm³/mol. The predicted octanol–water partition coefficient (Wildman–Crippen LogP) is 5.15. The van der Waals surface area contributed by atoms with Crippen LogP contribution in [0.15, 0.2) is 31.8 Å². The van der Waals surface area contributed by atoms with E-state index in [4.69, 9.17) is 4.74 Å². The van der Waals surface area contributed by atoms with Gasteiger partial charge in [-0.15, -0.1) is 11.3 Å². The highest BCUT2D eigenvalue weighted by Crippen LogP contribution is 2.32. The van der Waals surface area contributed by atoms with Gasteiger partial charge in [0, 0.05) is 5.56 Å². The van der Waals surface area contributed by atoms with Gasteiger partial charge in [0.15, 0.2) is 6.61 Å². The van der Waals surface area contributed by atoms with Crippen LogP contribution in [-0.4, -0.2) is 12.4 Å². The maximum Gasteiger partial charge on any atom is 0.202 e. The number of ketones is 1. The Morgan fingerprint density at radius 1 is 1.26 bits per heavy atom. The van der Waals surface area contributed by atoms with Crippen LogP contribution < -0.4 is 4.74 Å². The summed E-state index contributed by atoms with van der Waals surface area (Å²) in [5.41, 5.74) is 2.88. The number of ether oxygens (including phenoxy) is 1. The molecule has 0 aliphatic heterocycles. The van der Waals surface area contributed by atoms with E-state index in [9.17, 15) is 4.79 Å². The molecule has 2 aromatic rings. The van der Waals surface area contributed by atoms with E-state index in [1.165, 1.54) is 16.9 Å². The second kappa shape index (κ2) is 6.20. The number of hydrogen-bond donors (Lipinski definition) is 0. The quantitative estimate of drug-likeness (QED) is 0.659. The maximum atomic E-state index is 12.1.